The first-order valence-corrected chi connectivity index (χ1v) is 11.5. The zero-order chi connectivity index (χ0) is 22.1. The Labute approximate surface area is 184 Å². The Morgan fingerprint density at radius 3 is 1.80 bits per heavy atom. The van der Waals surface area contributed by atoms with Gasteiger partial charge in [0.25, 0.3) is 0 Å². The molecule has 0 atom stereocenters. The molecule has 0 heterocycles. The summed E-state index contributed by atoms with van der Waals surface area (Å²) in [6.45, 7) is 20.9. The molecule has 0 saturated carbocycles. The quantitative estimate of drug-likeness (QED) is 0.385. The van der Waals surface area contributed by atoms with Crippen LogP contribution in [0.4, 0.5) is 0 Å². The summed E-state index contributed by atoms with van der Waals surface area (Å²) >= 11 is 0. The molecule has 2 aliphatic rings. The number of hydrogen-bond acceptors (Lipinski definition) is 0. The third kappa shape index (κ3) is 3.70. The lowest BCUT2D eigenvalue weighted by molar-refractivity contribution is 0.518. The van der Waals surface area contributed by atoms with E-state index in [9.17, 15) is 0 Å². The van der Waals surface area contributed by atoms with Crippen molar-refractivity contribution >= 4 is 5.57 Å². The Kier molecular flexibility index (Phi) is 4.73. The number of hydrogen-bond donors (Lipinski definition) is 0. The molecule has 0 nitrogen and oxygen atoms in total. The summed E-state index contributed by atoms with van der Waals surface area (Å²) in [6, 6.07) is 12.1. The van der Waals surface area contributed by atoms with E-state index in [0.29, 0.717) is 0 Å². The molecule has 0 N–H and O–H groups in total. The normalized spacial score (nSPS) is 16.3. The number of benzene rings is 2. The van der Waals surface area contributed by atoms with E-state index in [0.717, 1.165) is 12.8 Å². The van der Waals surface area contributed by atoms with Gasteiger partial charge in [-0.1, -0.05) is 105 Å². The molecule has 0 aromatic heterocycles. The van der Waals surface area contributed by atoms with Crippen LogP contribution in [0.25, 0.3) is 16.7 Å². The fourth-order valence-corrected chi connectivity index (χ4v) is 4.70. The minimum Gasteiger partial charge on any atom is -0.0763 e. The lowest BCUT2D eigenvalue weighted by Crippen LogP contribution is -2.12. The molecule has 158 valence electrons. The largest absolute Gasteiger partial charge is 0.0763 e. The zero-order valence-electron chi connectivity index (χ0n) is 20.5. The van der Waals surface area contributed by atoms with Crippen LogP contribution in [-0.2, 0) is 17.3 Å². The van der Waals surface area contributed by atoms with Gasteiger partial charge in [-0.3, -0.25) is 0 Å². The van der Waals surface area contributed by atoms with Gasteiger partial charge in [-0.05, 0) is 79.2 Å². The van der Waals surface area contributed by atoms with Crippen LogP contribution in [0.1, 0.15) is 96.6 Å². The minimum atomic E-state index is 0.133. The predicted molar refractivity (Wildman–Crippen MR) is 132 cm³/mol. The average molecular weight is 399 g/mol. The summed E-state index contributed by atoms with van der Waals surface area (Å²) in [4.78, 5) is 0. The van der Waals surface area contributed by atoms with Gasteiger partial charge < -0.3 is 0 Å². The molecule has 0 radical (unpaired) electrons. The van der Waals surface area contributed by atoms with Crippen molar-refractivity contribution in [3.8, 4) is 11.1 Å². The molecule has 0 heteroatoms. The van der Waals surface area contributed by atoms with E-state index in [1.165, 1.54) is 50.1 Å². The van der Waals surface area contributed by atoms with E-state index in [1.54, 1.807) is 0 Å². The van der Waals surface area contributed by atoms with Gasteiger partial charge in [-0.2, -0.15) is 0 Å². The van der Waals surface area contributed by atoms with Crippen LogP contribution in [0.15, 0.2) is 48.1 Å². The molecule has 4 rings (SSSR count). The predicted octanol–water partition coefficient (Wildman–Crippen LogP) is 8.61. The number of allylic oxidation sites excluding steroid dienone is 4. The number of rotatable bonds is 1. The second-order valence-electron chi connectivity index (χ2n) is 12.4. The Morgan fingerprint density at radius 1 is 0.633 bits per heavy atom. The first kappa shape index (κ1) is 21.2. The third-order valence-corrected chi connectivity index (χ3v) is 6.83. The van der Waals surface area contributed by atoms with Crippen LogP contribution in [0.5, 0.6) is 0 Å². The van der Waals surface area contributed by atoms with Crippen molar-refractivity contribution in [3.05, 3.63) is 75.9 Å². The van der Waals surface area contributed by atoms with Crippen molar-refractivity contribution in [1.82, 2.24) is 0 Å². The van der Waals surface area contributed by atoms with Gasteiger partial charge >= 0.3 is 0 Å². The summed E-state index contributed by atoms with van der Waals surface area (Å²) in [7, 11) is 0. The summed E-state index contributed by atoms with van der Waals surface area (Å²) in [6.07, 6.45) is 7.00. The second-order valence-corrected chi connectivity index (χ2v) is 12.4. The molecule has 0 bridgehead atoms. The fraction of sp³-hybridized carbons (Fsp3) is 0.467. The zero-order valence-corrected chi connectivity index (χ0v) is 20.5. The molecule has 0 amide bonds. The second kappa shape index (κ2) is 6.71. The van der Waals surface area contributed by atoms with Gasteiger partial charge in [0, 0.05) is 0 Å². The topological polar surface area (TPSA) is 0 Å². The van der Waals surface area contributed by atoms with Crippen LogP contribution in [0.2, 0.25) is 0 Å². The van der Waals surface area contributed by atoms with Crippen LogP contribution >= 0.6 is 0 Å². The van der Waals surface area contributed by atoms with E-state index in [4.69, 9.17) is 0 Å². The third-order valence-electron chi connectivity index (χ3n) is 6.83. The van der Waals surface area contributed by atoms with Gasteiger partial charge in [-0.15, -0.1) is 0 Å². The molecule has 0 fully saturated rings. The van der Waals surface area contributed by atoms with Crippen molar-refractivity contribution in [2.45, 2.75) is 86.0 Å². The van der Waals surface area contributed by atoms with E-state index < -0.39 is 0 Å². The maximum atomic E-state index is 2.49. The first-order valence-electron chi connectivity index (χ1n) is 11.5. The van der Waals surface area contributed by atoms with Gasteiger partial charge in [0.1, 0.15) is 0 Å². The maximum absolute atomic E-state index is 2.49. The van der Waals surface area contributed by atoms with Gasteiger partial charge in [0.2, 0.25) is 0 Å². The minimum absolute atomic E-state index is 0.133. The monoisotopic (exact) mass is 398 g/mol. The molecule has 0 saturated heterocycles. The Hall–Kier alpha value is -2.08. The van der Waals surface area contributed by atoms with Crippen molar-refractivity contribution in [1.29, 1.82) is 0 Å². The van der Waals surface area contributed by atoms with Crippen molar-refractivity contribution in [3.63, 3.8) is 0 Å². The molecular weight excluding hydrogens is 360 g/mol. The van der Waals surface area contributed by atoms with Crippen molar-refractivity contribution < 1.29 is 0 Å². The molecule has 2 aromatic rings. The molecular formula is C30H38. The molecule has 2 aromatic carbocycles. The van der Waals surface area contributed by atoms with Gasteiger partial charge in [-0.25, -0.2) is 0 Å². The Balaban J connectivity index is 1.90. The van der Waals surface area contributed by atoms with Crippen LogP contribution in [0.3, 0.4) is 0 Å². The van der Waals surface area contributed by atoms with Gasteiger partial charge in [0.05, 0.1) is 0 Å². The number of fused-ring (bicyclic) bond motifs is 3. The highest BCUT2D eigenvalue weighted by atomic mass is 14.3. The van der Waals surface area contributed by atoms with E-state index in [-0.39, 0.29) is 16.2 Å². The van der Waals surface area contributed by atoms with E-state index >= 15 is 0 Å². The molecule has 0 aliphatic heterocycles. The highest BCUT2D eigenvalue weighted by Gasteiger charge is 2.29. The smallest absolute Gasteiger partial charge is 0.000739 e. The summed E-state index contributed by atoms with van der Waals surface area (Å²) < 4.78 is 0. The highest BCUT2D eigenvalue weighted by molar-refractivity contribution is 5.86. The van der Waals surface area contributed by atoms with Gasteiger partial charge in [0.15, 0.2) is 0 Å². The van der Waals surface area contributed by atoms with Crippen molar-refractivity contribution in [2.24, 2.45) is 5.41 Å². The standard InChI is InChI=1S/C30H38/c1-28(2,3)21-12-10-19(14-21)25-17-23(30(7,8)9)18-27-24-16-22(29(4,5)6)13-11-20(24)15-26(25)27/h11-14,16-18H,10,15H2,1-9H3. The molecule has 0 unspecified atom stereocenters. The summed E-state index contributed by atoms with van der Waals surface area (Å²) in [5.74, 6) is 0. The summed E-state index contributed by atoms with van der Waals surface area (Å²) in [5, 5.41) is 0. The maximum Gasteiger partial charge on any atom is -0.000739 e. The van der Waals surface area contributed by atoms with Crippen LogP contribution < -0.4 is 0 Å². The lowest BCUT2D eigenvalue weighted by Gasteiger charge is -2.23. The first-order chi connectivity index (χ1) is 13.7. The SMILES string of the molecule is CC(C)(C)C1=CCC(c2cc(C(C)(C)C)cc3c2Cc2ccc(C(C)(C)C)cc2-3)=C1. The summed E-state index contributed by atoms with van der Waals surface area (Å²) in [5.41, 5.74) is 13.7. The van der Waals surface area contributed by atoms with E-state index in [1.807, 2.05) is 0 Å². The highest BCUT2D eigenvalue weighted by Crippen LogP contribution is 2.46. The average Bonchev–Trinajstić information content (AvgIpc) is 3.23. The van der Waals surface area contributed by atoms with Crippen LogP contribution in [0, 0.1) is 5.41 Å². The Morgan fingerprint density at radius 2 is 1.23 bits per heavy atom. The fourth-order valence-electron chi connectivity index (χ4n) is 4.70. The molecule has 30 heavy (non-hydrogen) atoms. The lowest BCUT2D eigenvalue weighted by atomic mass is 9.81. The van der Waals surface area contributed by atoms with Crippen molar-refractivity contribution in [2.75, 3.05) is 0 Å². The Bertz CT molecular complexity index is 1070. The molecule has 2 aliphatic carbocycles. The molecule has 0 spiro atoms. The van der Waals surface area contributed by atoms with Crippen LogP contribution in [-0.4, -0.2) is 0 Å². The van der Waals surface area contributed by atoms with E-state index in [2.05, 4.69) is 105 Å².